The molecule has 0 atom stereocenters. The van der Waals surface area contributed by atoms with Gasteiger partial charge in [-0.25, -0.2) is 4.79 Å². The van der Waals surface area contributed by atoms with Crippen LogP contribution in [0.4, 0.5) is 13.2 Å². The van der Waals surface area contributed by atoms with Gasteiger partial charge in [0.05, 0.1) is 6.20 Å². The first-order valence-corrected chi connectivity index (χ1v) is 10.9. The molecular formula is C23H29F3N4O3. The Morgan fingerprint density at radius 1 is 1.18 bits per heavy atom. The van der Waals surface area contributed by atoms with Gasteiger partial charge in [0.15, 0.2) is 0 Å². The van der Waals surface area contributed by atoms with E-state index in [9.17, 15) is 18.0 Å². The molecule has 2 aromatic rings. The van der Waals surface area contributed by atoms with E-state index in [0.717, 1.165) is 45.2 Å². The van der Waals surface area contributed by atoms with Crippen molar-refractivity contribution in [3.63, 3.8) is 0 Å². The molecule has 10 heteroatoms. The number of aromatic nitrogens is 2. The molecule has 0 unspecified atom stereocenters. The van der Waals surface area contributed by atoms with Crippen molar-refractivity contribution in [2.75, 3.05) is 0 Å². The molecule has 1 saturated heterocycles. The van der Waals surface area contributed by atoms with Crippen LogP contribution in [-0.2, 0) is 29.7 Å². The fourth-order valence-corrected chi connectivity index (χ4v) is 4.60. The molecule has 2 aliphatic rings. The van der Waals surface area contributed by atoms with Crippen LogP contribution in [0.1, 0.15) is 49.7 Å². The smallest absolute Gasteiger partial charge is 0.475 e. The third kappa shape index (κ3) is 6.56. The second-order valence-corrected chi connectivity index (χ2v) is 8.67. The van der Waals surface area contributed by atoms with Crippen molar-refractivity contribution >= 4 is 11.9 Å². The van der Waals surface area contributed by atoms with Gasteiger partial charge in [-0.1, -0.05) is 30.3 Å². The standard InChI is InChI=1S/C21H28N4O.C2HF3O2/c1-24-15-18(14-23-24)13-22-19-7-10-21(11-8-19)12-9-20(26)25(21)16-17-5-3-2-4-6-17;3-2(4,5)1(6)7/h2-6,14-15,19,22H,7-13,16H2,1H3;(H,6,7). The highest BCUT2D eigenvalue weighted by Gasteiger charge is 2.46. The largest absolute Gasteiger partial charge is 0.490 e. The van der Waals surface area contributed by atoms with Crippen LogP contribution in [0, 0.1) is 0 Å². The Kier molecular flexibility index (Phi) is 7.78. The van der Waals surface area contributed by atoms with Crippen LogP contribution in [0.25, 0.3) is 0 Å². The molecule has 33 heavy (non-hydrogen) atoms. The van der Waals surface area contributed by atoms with Crippen LogP contribution >= 0.6 is 0 Å². The Bertz CT molecular complexity index is 938. The van der Waals surface area contributed by atoms with E-state index in [1.165, 1.54) is 11.1 Å². The van der Waals surface area contributed by atoms with Gasteiger partial charge in [0.1, 0.15) is 0 Å². The number of likely N-dealkylation sites (tertiary alicyclic amines) is 1. The summed E-state index contributed by atoms with van der Waals surface area (Å²) < 4.78 is 33.6. The van der Waals surface area contributed by atoms with E-state index in [0.29, 0.717) is 18.4 Å². The van der Waals surface area contributed by atoms with E-state index in [2.05, 4.69) is 45.8 Å². The number of nitrogens with one attached hydrogen (secondary N) is 1. The number of halogens is 3. The highest BCUT2D eigenvalue weighted by Crippen LogP contribution is 2.43. The average molecular weight is 467 g/mol. The SMILES string of the molecule is Cn1cc(CNC2CCC3(CCC(=O)N3Cc3ccccc3)CC2)cn1.O=C(O)C(F)(F)F. The lowest BCUT2D eigenvalue weighted by atomic mass is 9.77. The number of hydrogen-bond acceptors (Lipinski definition) is 4. The number of aliphatic carboxylic acids is 1. The second-order valence-electron chi connectivity index (χ2n) is 8.67. The van der Waals surface area contributed by atoms with E-state index in [-0.39, 0.29) is 5.54 Å². The number of amides is 1. The number of aryl methyl sites for hydroxylation is 1. The summed E-state index contributed by atoms with van der Waals surface area (Å²) in [5.74, 6) is -2.43. The van der Waals surface area contributed by atoms with Crippen molar-refractivity contribution in [3.05, 3.63) is 53.9 Å². The number of alkyl halides is 3. The molecule has 2 fully saturated rings. The molecule has 7 nitrogen and oxygen atoms in total. The van der Waals surface area contributed by atoms with Gasteiger partial charge in [-0.3, -0.25) is 9.48 Å². The lowest BCUT2D eigenvalue weighted by Gasteiger charge is -2.44. The van der Waals surface area contributed by atoms with Crippen molar-refractivity contribution < 1.29 is 27.9 Å². The molecule has 1 amide bonds. The van der Waals surface area contributed by atoms with Crippen molar-refractivity contribution in [1.29, 1.82) is 0 Å². The fourth-order valence-electron chi connectivity index (χ4n) is 4.60. The molecule has 1 aliphatic carbocycles. The number of benzene rings is 1. The first-order valence-electron chi connectivity index (χ1n) is 10.9. The molecule has 2 N–H and O–H groups in total. The van der Waals surface area contributed by atoms with E-state index >= 15 is 0 Å². The zero-order valence-corrected chi connectivity index (χ0v) is 18.5. The fraction of sp³-hybridized carbons (Fsp3) is 0.522. The highest BCUT2D eigenvalue weighted by molar-refractivity contribution is 5.79. The van der Waals surface area contributed by atoms with Crippen molar-refractivity contribution in [2.45, 2.75) is 69.4 Å². The minimum atomic E-state index is -5.08. The molecule has 1 aromatic heterocycles. The molecule has 1 saturated carbocycles. The van der Waals surface area contributed by atoms with E-state index < -0.39 is 12.1 Å². The van der Waals surface area contributed by atoms with E-state index in [1.54, 1.807) is 0 Å². The quantitative estimate of drug-likeness (QED) is 0.703. The van der Waals surface area contributed by atoms with Gasteiger partial charge in [0.25, 0.3) is 0 Å². The van der Waals surface area contributed by atoms with Gasteiger partial charge in [0, 0.05) is 49.9 Å². The van der Waals surface area contributed by atoms with Gasteiger partial charge >= 0.3 is 12.1 Å². The lowest BCUT2D eigenvalue weighted by molar-refractivity contribution is -0.192. The van der Waals surface area contributed by atoms with Crippen LogP contribution < -0.4 is 5.32 Å². The van der Waals surface area contributed by atoms with Crippen LogP contribution in [0.2, 0.25) is 0 Å². The van der Waals surface area contributed by atoms with Crippen molar-refractivity contribution in [1.82, 2.24) is 20.0 Å². The Hall–Kier alpha value is -2.88. The third-order valence-corrected chi connectivity index (χ3v) is 6.37. The van der Waals surface area contributed by atoms with Crippen LogP contribution in [0.3, 0.4) is 0 Å². The topological polar surface area (TPSA) is 87.5 Å². The summed E-state index contributed by atoms with van der Waals surface area (Å²) in [6.07, 6.45) is 5.13. The molecule has 0 radical (unpaired) electrons. The van der Waals surface area contributed by atoms with E-state index in [4.69, 9.17) is 9.90 Å². The van der Waals surface area contributed by atoms with Gasteiger partial charge < -0.3 is 15.3 Å². The minimum absolute atomic E-state index is 0.0827. The molecule has 1 spiro atoms. The Morgan fingerprint density at radius 2 is 1.82 bits per heavy atom. The third-order valence-electron chi connectivity index (χ3n) is 6.37. The van der Waals surface area contributed by atoms with Crippen LogP contribution in [0.15, 0.2) is 42.7 Å². The number of carbonyl (C=O) groups is 2. The van der Waals surface area contributed by atoms with Gasteiger partial charge in [-0.2, -0.15) is 18.3 Å². The van der Waals surface area contributed by atoms with Gasteiger partial charge in [-0.15, -0.1) is 0 Å². The normalized spacial score (nSPS) is 22.8. The summed E-state index contributed by atoms with van der Waals surface area (Å²) in [5, 5.41) is 15.0. The van der Waals surface area contributed by atoms with E-state index in [1.807, 2.05) is 24.0 Å². The van der Waals surface area contributed by atoms with Gasteiger partial charge in [-0.05, 0) is 37.7 Å². The number of carboxylic acids is 1. The second kappa shape index (κ2) is 10.4. The predicted molar refractivity (Wildman–Crippen MR) is 115 cm³/mol. The first-order chi connectivity index (χ1) is 15.6. The maximum absolute atomic E-state index is 12.5. The monoisotopic (exact) mass is 466 g/mol. The van der Waals surface area contributed by atoms with Gasteiger partial charge in [0.2, 0.25) is 5.91 Å². The Labute approximate surface area is 190 Å². The van der Waals surface area contributed by atoms with Crippen molar-refractivity contribution in [2.24, 2.45) is 7.05 Å². The molecule has 0 bridgehead atoms. The summed E-state index contributed by atoms with van der Waals surface area (Å²) in [5.41, 5.74) is 2.55. The Morgan fingerprint density at radius 3 is 2.36 bits per heavy atom. The Balaban J connectivity index is 0.000000383. The molecule has 1 aromatic carbocycles. The van der Waals surface area contributed by atoms with Crippen molar-refractivity contribution in [3.8, 4) is 0 Å². The zero-order valence-electron chi connectivity index (χ0n) is 18.5. The predicted octanol–water partition coefficient (Wildman–Crippen LogP) is 3.65. The summed E-state index contributed by atoms with van der Waals surface area (Å²) >= 11 is 0. The zero-order chi connectivity index (χ0) is 24.1. The molecule has 1 aliphatic heterocycles. The average Bonchev–Trinajstić information content (AvgIpc) is 3.32. The van der Waals surface area contributed by atoms with Crippen LogP contribution in [0.5, 0.6) is 0 Å². The molecule has 2 heterocycles. The summed E-state index contributed by atoms with van der Waals surface area (Å²) in [4.78, 5) is 23.6. The highest BCUT2D eigenvalue weighted by atomic mass is 19.4. The maximum Gasteiger partial charge on any atom is 0.490 e. The summed E-state index contributed by atoms with van der Waals surface area (Å²) in [7, 11) is 1.95. The maximum atomic E-state index is 12.5. The summed E-state index contributed by atoms with van der Waals surface area (Å²) in [6.45, 7) is 1.63. The number of carbonyl (C=O) groups excluding carboxylic acids is 1. The minimum Gasteiger partial charge on any atom is -0.475 e. The number of hydrogen-bond donors (Lipinski definition) is 2. The number of carboxylic acid groups (broad SMARTS) is 1. The lowest BCUT2D eigenvalue weighted by Crippen LogP contribution is -2.50. The molecule has 180 valence electrons. The number of rotatable bonds is 5. The molecular weight excluding hydrogens is 437 g/mol. The van der Waals surface area contributed by atoms with Crippen LogP contribution in [-0.4, -0.2) is 49.4 Å². The number of nitrogens with zero attached hydrogens (tertiary/aromatic N) is 3. The first kappa shape index (κ1) is 24.8. The summed E-state index contributed by atoms with van der Waals surface area (Å²) in [6, 6.07) is 10.9. The molecule has 4 rings (SSSR count).